The highest BCUT2D eigenvalue weighted by Gasteiger charge is 2.29. The molecule has 3 N–H and O–H groups in total. The van der Waals surface area contributed by atoms with Gasteiger partial charge in [0, 0.05) is 35.4 Å². The molecule has 0 saturated heterocycles. The van der Waals surface area contributed by atoms with Crippen LogP contribution in [0.4, 0.5) is 5.69 Å². The van der Waals surface area contributed by atoms with Crippen molar-refractivity contribution in [1.82, 2.24) is 4.90 Å². The number of rotatable bonds is 10. The molecule has 0 aliphatic heterocycles. The molecule has 0 bridgehead atoms. The van der Waals surface area contributed by atoms with E-state index in [1.165, 1.54) is 7.11 Å². The number of benzene rings is 3. The Labute approximate surface area is 235 Å². The molecule has 212 valence electrons. The lowest BCUT2D eigenvalue weighted by Gasteiger charge is -2.36. The molecule has 0 unspecified atom stereocenters. The van der Waals surface area contributed by atoms with E-state index >= 15 is 0 Å². The van der Waals surface area contributed by atoms with Gasteiger partial charge in [-0.25, -0.2) is 0 Å². The van der Waals surface area contributed by atoms with Crippen LogP contribution in [0, 0.1) is 0 Å². The highest BCUT2D eigenvalue weighted by atomic mass is 16.5. The monoisotopic (exact) mass is 547 g/mol. The maximum absolute atomic E-state index is 13.9. The van der Waals surface area contributed by atoms with Gasteiger partial charge in [-0.2, -0.15) is 0 Å². The fourth-order valence-corrected chi connectivity index (χ4v) is 5.04. The molecule has 1 fully saturated rings. The number of anilines is 1. The summed E-state index contributed by atoms with van der Waals surface area (Å²) in [5, 5.41) is 2.95. The van der Waals surface area contributed by atoms with E-state index in [1.807, 2.05) is 29.2 Å². The summed E-state index contributed by atoms with van der Waals surface area (Å²) >= 11 is 0. The van der Waals surface area contributed by atoms with E-state index in [4.69, 9.17) is 24.7 Å². The Morgan fingerprint density at radius 2 is 1.35 bits per heavy atom. The van der Waals surface area contributed by atoms with Crippen LogP contribution >= 0.6 is 0 Å². The summed E-state index contributed by atoms with van der Waals surface area (Å²) in [7, 11) is 6.18. The average molecular weight is 548 g/mol. The van der Waals surface area contributed by atoms with Gasteiger partial charge < -0.3 is 34.9 Å². The van der Waals surface area contributed by atoms with Crippen LogP contribution in [0.3, 0.4) is 0 Å². The zero-order valence-corrected chi connectivity index (χ0v) is 23.4. The Kier molecular flexibility index (Phi) is 9.50. The van der Waals surface area contributed by atoms with Crippen LogP contribution in [0.5, 0.6) is 23.0 Å². The van der Waals surface area contributed by atoms with Crippen molar-refractivity contribution in [3.05, 3.63) is 77.4 Å². The Bertz CT molecular complexity index is 1340. The fourth-order valence-electron chi connectivity index (χ4n) is 5.04. The summed E-state index contributed by atoms with van der Waals surface area (Å²) in [5.41, 5.74) is 8.65. The molecule has 0 spiro atoms. The molecule has 3 aromatic rings. The summed E-state index contributed by atoms with van der Waals surface area (Å²) in [6, 6.07) is 18.0. The van der Waals surface area contributed by atoms with Gasteiger partial charge in [-0.05, 0) is 79.8 Å². The minimum atomic E-state index is -0.280. The lowest BCUT2D eigenvalue weighted by atomic mass is 9.90. The number of hydrogen-bond acceptors (Lipinski definition) is 7. The number of methoxy groups -OCH3 is 4. The Balaban J connectivity index is 1.56. The number of hydrogen-bond donors (Lipinski definition) is 2. The number of carbonyl (C=O) groups is 2. The van der Waals surface area contributed by atoms with Gasteiger partial charge in [-0.1, -0.05) is 12.1 Å². The summed E-state index contributed by atoms with van der Waals surface area (Å²) in [5.74, 6) is 1.70. The van der Waals surface area contributed by atoms with E-state index in [0.29, 0.717) is 46.4 Å². The van der Waals surface area contributed by atoms with Crippen molar-refractivity contribution in [1.29, 1.82) is 0 Å². The molecule has 1 aliphatic rings. The van der Waals surface area contributed by atoms with Gasteiger partial charge in [-0.3, -0.25) is 9.59 Å². The number of amides is 2. The van der Waals surface area contributed by atoms with Crippen molar-refractivity contribution in [2.75, 3.05) is 33.8 Å². The van der Waals surface area contributed by atoms with Crippen molar-refractivity contribution in [2.45, 2.75) is 44.3 Å². The van der Waals surface area contributed by atoms with Gasteiger partial charge in [0.05, 0.1) is 28.4 Å². The lowest BCUT2D eigenvalue weighted by molar-refractivity contribution is 0.0606. The van der Waals surface area contributed by atoms with Gasteiger partial charge >= 0.3 is 0 Å². The quantitative estimate of drug-likeness (QED) is 0.372. The molecule has 1 saturated carbocycles. The van der Waals surface area contributed by atoms with Gasteiger partial charge in [0.25, 0.3) is 11.8 Å². The number of nitrogens with two attached hydrogens (primary N) is 1. The third kappa shape index (κ3) is 6.66. The summed E-state index contributed by atoms with van der Waals surface area (Å²) in [6.07, 6.45) is 3.38. The second kappa shape index (κ2) is 13.2. The third-order valence-corrected chi connectivity index (χ3v) is 7.26. The van der Waals surface area contributed by atoms with Gasteiger partial charge in [0.15, 0.2) is 23.0 Å². The molecular weight excluding hydrogens is 510 g/mol. The van der Waals surface area contributed by atoms with Crippen molar-refractivity contribution in [2.24, 2.45) is 5.73 Å². The van der Waals surface area contributed by atoms with Gasteiger partial charge in [0.2, 0.25) is 0 Å². The van der Waals surface area contributed by atoms with Crippen LogP contribution in [0.25, 0.3) is 0 Å². The zero-order chi connectivity index (χ0) is 28.6. The first-order chi connectivity index (χ1) is 19.4. The van der Waals surface area contributed by atoms with Gasteiger partial charge in [0.1, 0.15) is 0 Å². The molecule has 40 heavy (non-hydrogen) atoms. The first kappa shape index (κ1) is 28.8. The SMILES string of the molecule is COc1ccc(C(=O)Nc2cccc(CN(C(=O)c3ccc(OC)c(OC)c3)C3CCC(N)CC3)c2)cc1OC. The van der Waals surface area contributed by atoms with Crippen molar-refractivity contribution in [3.63, 3.8) is 0 Å². The summed E-state index contributed by atoms with van der Waals surface area (Å²) < 4.78 is 21.4. The summed E-state index contributed by atoms with van der Waals surface area (Å²) in [6.45, 7) is 0.382. The van der Waals surface area contributed by atoms with Crippen molar-refractivity contribution in [3.8, 4) is 23.0 Å². The van der Waals surface area contributed by atoms with Crippen LogP contribution in [-0.4, -0.2) is 57.2 Å². The molecular formula is C31H37N3O6. The number of carbonyl (C=O) groups excluding carboxylic acids is 2. The number of ether oxygens (including phenoxy) is 4. The summed E-state index contributed by atoms with van der Waals surface area (Å²) in [4.78, 5) is 28.8. The van der Waals surface area contributed by atoms with Crippen molar-refractivity contribution < 1.29 is 28.5 Å². The second-order valence-electron chi connectivity index (χ2n) is 9.80. The minimum absolute atomic E-state index is 0.0467. The smallest absolute Gasteiger partial charge is 0.255 e. The Hall–Kier alpha value is -4.24. The largest absolute Gasteiger partial charge is 0.493 e. The molecule has 0 aromatic heterocycles. The minimum Gasteiger partial charge on any atom is -0.493 e. The highest BCUT2D eigenvalue weighted by molar-refractivity contribution is 6.04. The van der Waals surface area contributed by atoms with Crippen LogP contribution in [0.2, 0.25) is 0 Å². The highest BCUT2D eigenvalue weighted by Crippen LogP contribution is 2.31. The van der Waals surface area contributed by atoms with Crippen LogP contribution in [0.15, 0.2) is 60.7 Å². The van der Waals surface area contributed by atoms with E-state index in [-0.39, 0.29) is 23.9 Å². The average Bonchev–Trinajstić information content (AvgIpc) is 2.99. The standard InChI is InChI=1S/C31H37N3O6/c1-37-26-14-8-21(17-28(26)39-3)30(35)33-24-7-5-6-20(16-24)19-34(25-12-10-23(32)11-13-25)31(36)22-9-15-27(38-2)29(18-22)40-4/h5-9,14-18,23,25H,10-13,19,32H2,1-4H3,(H,33,35). The topological polar surface area (TPSA) is 112 Å². The van der Waals surface area contributed by atoms with Gasteiger partial charge in [-0.15, -0.1) is 0 Å². The normalized spacial score (nSPS) is 16.5. The molecule has 0 atom stereocenters. The van der Waals surface area contributed by atoms with Crippen LogP contribution < -0.4 is 30.0 Å². The molecule has 1 aliphatic carbocycles. The molecule has 9 nitrogen and oxygen atoms in total. The third-order valence-electron chi connectivity index (χ3n) is 7.26. The first-order valence-electron chi connectivity index (χ1n) is 13.3. The zero-order valence-electron chi connectivity index (χ0n) is 23.4. The second-order valence-corrected chi connectivity index (χ2v) is 9.80. The predicted molar refractivity (Wildman–Crippen MR) is 154 cm³/mol. The van der Waals surface area contributed by atoms with E-state index in [0.717, 1.165) is 31.2 Å². The molecule has 0 heterocycles. The molecule has 4 rings (SSSR count). The van der Waals surface area contributed by atoms with E-state index in [9.17, 15) is 9.59 Å². The van der Waals surface area contributed by atoms with Crippen LogP contribution in [-0.2, 0) is 6.54 Å². The van der Waals surface area contributed by atoms with E-state index < -0.39 is 0 Å². The Morgan fingerprint density at radius 3 is 1.95 bits per heavy atom. The Morgan fingerprint density at radius 1 is 0.775 bits per heavy atom. The number of nitrogens with one attached hydrogen (secondary N) is 1. The number of nitrogens with zero attached hydrogens (tertiary/aromatic N) is 1. The van der Waals surface area contributed by atoms with E-state index in [2.05, 4.69) is 5.32 Å². The molecule has 0 radical (unpaired) electrons. The fraction of sp³-hybridized carbons (Fsp3) is 0.355. The lowest BCUT2D eigenvalue weighted by Crippen LogP contribution is -2.43. The molecule has 9 heteroatoms. The molecule has 2 amide bonds. The van der Waals surface area contributed by atoms with Crippen LogP contribution in [0.1, 0.15) is 52.0 Å². The maximum atomic E-state index is 13.9. The molecule has 3 aromatic carbocycles. The maximum Gasteiger partial charge on any atom is 0.255 e. The first-order valence-corrected chi connectivity index (χ1v) is 13.3. The van der Waals surface area contributed by atoms with Crippen molar-refractivity contribution >= 4 is 17.5 Å². The predicted octanol–water partition coefficient (Wildman–Crippen LogP) is 4.89. The van der Waals surface area contributed by atoms with E-state index in [1.54, 1.807) is 57.7 Å².